The molecule has 0 radical (unpaired) electrons. The van der Waals surface area contributed by atoms with E-state index in [-0.39, 0.29) is 10.8 Å². The summed E-state index contributed by atoms with van der Waals surface area (Å²) in [6.07, 6.45) is 14.0. The summed E-state index contributed by atoms with van der Waals surface area (Å²) in [7, 11) is 0. The number of hydrogen-bond acceptors (Lipinski definition) is 4. The molecule has 4 nitrogen and oxygen atoms in total. The third-order valence-electron chi connectivity index (χ3n) is 4.29. The summed E-state index contributed by atoms with van der Waals surface area (Å²) in [4.78, 5) is 20.2. The first-order chi connectivity index (χ1) is 11.5. The maximum atomic E-state index is 12.3. The molecule has 0 bridgehead atoms. The fourth-order valence-corrected chi connectivity index (χ4v) is 2.85. The van der Waals surface area contributed by atoms with Crippen molar-refractivity contribution in [1.82, 2.24) is 9.97 Å². The Morgan fingerprint density at radius 3 is 2.25 bits per heavy atom. The van der Waals surface area contributed by atoms with Crippen LogP contribution in [0.25, 0.3) is 0 Å². The number of unbranched alkanes of at least 4 members (excludes halogenated alkanes) is 6. The van der Waals surface area contributed by atoms with Crippen LogP contribution >= 0.6 is 11.6 Å². The van der Waals surface area contributed by atoms with Gasteiger partial charge in [0.2, 0.25) is 0 Å². The largest absolute Gasteiger partial charge is 0.455 e. The molecule has 0 N–H and O–H groups in total. The van der Waals surface area contributed by atoms with E-state index in [9.17, 15) is 4.79 Å². The van der Waals surface area contributed by atoms with Crippen molar-refractivity contribution < 1.29 is 9.53 Å². The van der Waals surface area contributed by atoms with Gasteiger partial charge in [-0.25, -0.2) is 14.8 Å². The van der Waals surface area contributed by atoms with Crippen LogP contribution in [0.5, 0.6) is 0 Å². The Balaban J connectivity index is 2.55. The molecule has 1 aromatic rings. The second-order valence-electron chi connectivity index (χ2n) is 6.69. The first-order valence-corrected chi connectivity index (χ1v) is 9.59. The standard InChI is InChI=1S/C19H31ClN2O2/c1-4-6-8-9-10-11-13-19(3,12-7-5-2)24-18(23)16-14-22-17(20)15-21-16/h14-15H,4-13H2,1-3H3/t19-/m0/s1. The van der Waals surface area contributed by atoms with Crippen LogP contribution in [0.3, 0.4) is 0 Å². The molecule has 24 heavy (non-hydrogen) atoms. The quantitative estimate of drug-likeness (QED) is 0.342. The Morgan fingerprint density at radius 1 is 1.00 bits per heavy atom. The van der Waals surface area contributed by atoms with Crippen molar-refractivity contribution in [2.75, 3.05) is 0 Å². The highest BCUT2D eigenvalue weighted by atomic mass is 35.5. The predicted octanol–water partition coefficient (Wildman–Crippen LogP) is 5.99. The van der Waals surface area contributed by atoms with Gasteiger partial charge in [0.15, 0.2) is 5.69 Å². The van der Waals surface area contributed by atoms with Gasteiger partial charge in [-0.2, -0.15) is 0 Å². The molecule has 0 aliphatic heterocycles. The average Bonchev–Trinajstić information content (AvgIpc) is 2.57. The zero-order valence-electron chi connectivity index (χ0n) is 15.3. The first kappa shape index (κ1) is 20.9. The number of rotatable bonds is 12. The van der Waals surface area contributed by atoms with Crippen LogP contribution in [0.2, 0.25) is 5.15 Å². The van der Waals surface area contributed by atoms with Crippen LogP contribution in [-0.4, -0.2) is 21.5 Å². The van der Waals surface area contributed by atoms with E-state index in [1.807, 2.05) is 6.92 Å². The summed E-state index contributed by atoms with van der Waals surface area (Å²) in [6, 6.07) is 0. The molecular weight excluding hydrogens is 324 g/mol. The monoisotopic (exact) mass is 354 g/mol. The van der Waals surface area contributed by atoms with E-state index >= 15 is 0 Å². The lowest BCUT2D eigenvalue weighted by atomic mass is 9.91. The molecule has 0 spiro atoms. The maximum Gasteiger partial charge on any atom is 0.359 e. The van der Waals surface area contributed by atoms with Crippen molar-refractivity contribution in [3.63, 3.8) is 0 Å². The van der Waals surface area contributed by atoms with E-state index in [1.165, 1.54) is 44.5 Å². The van der Waals surface area contributed by atoms with Gasteiger partial charge in [-0.15, -0.1) is 0 Å². The number of halogens is 1. The Kier molecular flexibility index (Phi) is 9.92. The fraction of sp³-hybridized carbons (Fsp3) is 0.737. The topological polar surface area (TPSA) is 52.1 Å². The van der Waals surface area contributed by atoms with Crippen LogP contribution in [-0.2, 0) is 4.74 Å². The second kappa shape index (κ2) is 11.4. The molecule has 0 aromatic carbocycles. The van der Waals surface area contributed by atoms with Gasteiger partial charge in [0, 0.05) is 0 Å². The summed E-state index contributed by atoms with van der Waals surface area (Å²) >= 11 is 5.71. The van der Waals surface area contributed by atoms with Crippen molar-refractivity contribution in [3.05, 3.63) is 23.2 Å². The van der Waals surface area contributed by atoms with Crippen molar-refractivity contribution in [1.29, 1.82) is 0 Å². The Hall–Kier alpha value is -1.16. The van der Waals surface area contributed by atoms with E-state index in [4.69, 9.17) is 16.3 Å². The SMILES string of the molecule is CCCCCCCC[C@](C)(CCCC)OC(=O)c1cnc(Cl)cn1. The van der Waals surface area contributed by atoms with Gasteiger partial charge in [0.05, 0.1) is 12.4 Å². The van der Waals surface area contributed by atoms with E-state index < -0.39 is 11.6 Å². The van der Waals surface area contributed by atoms with Gasteiger partial charge in [0.25, 0.3) is 0 Å². The first-order valence-electron chi connectivity index (χ1n) is 9.21. The number of aromatic nitrogens is 2. The van der Waals surface area contributed by atoms with E-state index in [0.29, 0.717) is 0 Å². The van der Waals surface area contributed by atoms with E-state index in [1.54, 1.807) is 0 Å². The van der Waals surface area contributed by atoms with Gasteiger partial charge in [-0.3, -0.25) is 0 Å². The van der Waals surface area contributed by atoms with Crippen molar-refractivity contribution in [2.24, 2.45) is 0 Å². The molecule has 1 heterocycles. The second-order valence-corrected chi connectivity index (χ2v) is 7.07. The minimum absolute atomic E-state index is 0.213. The minimum atomic E-state index is -0.431. The van der Waals surface area contributed by atoms with E-state index in [2.05, 4.69) is 23.8 Å². The van der Waals surface area contributed by atoms with Crippen LogP contribution in [0.15, 0.2) is 12.4 Å². The van der Waals surface area contributed by atoms with Gasteiger partial charge < -0.3 is 4.74 Å². The summed E-state index contributed by atoms with van der Waals surface area (Å²) in [5, 5.41) is 0.271. The molecule has 0 unspecified atom stereocenters. The normalized spacial score (nSPS) is 13.5. The van der Waals surface area contributed by atoms with Crippen molar-refractivity contribution >= 4 is 17.6 Å². The van der Waals surface area contributed by atoms with Gasteiger partial charge >= 0.3 is 5.97 Å². The summed E-state index contributed by atoms with van der Waals surface area (Å²) < 4.78 is 5.81. The predicted molar refractivity (Wildman–Crippen MR) is 98.4 cm³/mol. The average molecular weight is 355 g/mol. The van der Waals surface area contributed by atoms with Crippen molar-refractivity contribution in [3.8, 4) is 0 Å². The third kappa shape index (κ3) is 8.09. The highest BCUT2D eigenvalue weighted by Gasteiger charge is 2.29. The van der Waals surface area contributed by atoms with Crippen LogP contribution < -0.4 is 0 Å². The van der Waals surface area contributed by atoms with Crippen LogP contribution in [0, 0.1) is 0 Å². The molecule has 0 aliphatic rings. The fourth-order valence-electron chi connectivity index (χ4n) is 2.75. The molecule has 1 aromatic heterocycles. The molecule has 0 fully saturated rings. The molecule has 0 amide bonds. The zero-order valence-corrected chi connectivity index (χ0v) is 16.1. The van der Waals surface area contributed by atoms with E-state index in [0.717, 1.165) is 32.1 Å². The molecule has 136 valence electrons. The molecular formula is C19H31ClN2O2. The Morgan fingerprint density at radius 2 is 1.62 bits per heavy atom. The summed E-state index contributed by atoms with van der Waals surface area (Å²) in [6.45, 7) is 6.41. The Labute approximate surface area is 151 Å². The number of esters is 1. The smallest absolute Gasteiger partial charge is 0.359 e. The molecule has 0 saturated carbocycles. The summed E-state index contributed by atoms with van der Waals surface area (Å²) in [5.41, 5.74) is -0.218. The number of nitrogens with zero attached hydrogens (tertiary/aromatic N) is 2. The summed E-state index contributed by atoms with van der Waals surface area (Å²) in [5.74, 6) is -0.413. The highest BCUT2D eigenvalue weighted by molar-refractivity contribution is 6.29. The third-order valence-corrected chi connectivity index (χ3v) is 4.48. The molecule has 1 atom stereocenters. The van der Waals surface area contributed by atoms with Crippen LogP contribution in [0.1, 0.15) is 95.5 Å². The minimum Gasteiger partial charge on any atom is -0.455 e. The van der Waals surface area contributed by atoms with Crippen molar-refractivity contribution in [2.45, 2.75) is 90.6 Å². The number of ether oxygens (including phenoxy) is 1. The lowest BCUT2D eigenvalue weighted by Gasteiger charge is -2.29. The van der Waals surface area contributed by atoms with Gasteiger partial charge in [-0.1, -0.05) is 64.0 Å². The Bertz CT molecular complexity index is 479. The molecule has 5 heteroatoms. The zero-order chi connectivity index (χ0) is 17.8. The van der Waals surface area contributed by atoms with Gasteiger partial charge in [-0.05, 0) is 32.6 Å². The number of hydrogen-bond donors (Lipinski definition) is 0. The van der Waals surface area contributed by atoms with Crippen LogP contribution in [0.4, 0.5) is 0 Å². The van der Waals surface area contributed by atoms with Gasteiger partial charge in [0.1, 0.15) is 10.8 Å². The highest BCUT2D eigenvalue weighted by Crippen LogP contribution is 2.27. The number of carbonyl (C=O) groups is 1. The molecule has 0 saturated heterocycles. The molecule has 0 aliphatic carbocycles. The number of carbonyl (C=O) groups excluding carboxylic acids is 1. The lowest BCUT2D eigenvalue weighted by Crippen LogP contribution is -2.32. The maximum absolute atomic E-state index is 12.3. The molecule has 1 rings (SSSR count). The lowest BCUT2D eigenvalue weighted by molar-refractivity contribution is -0.0203.